The number of carbonyl (C=O) groups is 3. The van der Waals surface area contributed by atoms with Gasteiger partial charge in [-0.3, -0.25) is 9.69 Å². The number of rotatable bonds is 4. The van der Waals surface area contributed by atoms with Crippen LogP contribution in [0.2, 0.25) is 0 Å². The van der Waals surface area contributed by atoms with Gasteiger partial charge in [-0.25, -0.2) is 14.0 Å². The molecular weight excluding hydrogens is 381 g/mol. The van der Waals surface area contributed by atoms with E-state index in [9.17, 15) is 18.8 Å². The van der Waals surface area contributed by atoms with Crippen LogP contribution in [0.3, 0.4) is 0 Å². The lowest BCUT2D eigenvalue weighted by Gasteiger charge is -2.34. The molecule has 9 nitrogen and oxygen atoms in total. The predicted octanol–water partition coefficient (Wildman–Crippen LogP) is 0.870. The fraction of sp³-hybridized carbons (Fsp3) is 0.526. The Balaban J connectivity index is 1.33. The lowest BCUT2D eigenvalue weighted by atomic mass is 10.1. The number of ether oxygens (including phenoxy) is 1. The summed E-state index contributed by atoms with van der Waals surface area (Å²) >= 11 is 0. The molecule has 0 bridgehead atoms. The minimum absolute atomic E-state index is 0.0999. The van der Waals surface area contributed by atoms with E-state index in [0.29, 0.717) is 25.9 Å². The maximum absolute atomic E-state index is 13.7. The van der Waals surface area contributed by atoms with Crippen LogP contribution < -0.4 is 10.1 Å². The maximum Gasteiger partial charge on any atom is 0.323 e. The van der Waals surface area contributed by atoms with Crippen LogP contribution in [0.1, 0.15) is 12.8 Å². The van der Waals surface area contributed by atoms with Gasteiger partial charge >= 0.3 is 12.1 Å². The number of fused-ring (bicyclic) bond motifs is 1. The minimum atomic E-state index is -0.508. The van der Waals surface area contributed by atoms with E-state index in [1.807, 2.05) is 0 Å². The molecule has 1 aromatic rings. The molecule has 156 valence electrons. The van der Waals surface area contributed by atoms with Crippen molar-refractivity contribution in [1.82, 2.24) is 24.9 Å². The monoisotopic (exact) mass is 405 g/mol. The second-order valence-corrected chi connectivity index (χ2v) is 7.57. The molecule has 29 heavy (non-hydrogen) atoms. The van der Waals surface area contributed by atoms with Crippen molar-refractivity contribution in [1.29, 1.82) is 0 Å². The van der Waals surface area contributed by atoms with Crippen molar-refractivity contribution in [2.24, 2.45) is 0 Å². The van der Waals surface area contributed by atoms with Crippen LogP contribution in [-0.2, 0) is 4.79 Å². The average Bonchev–Trinajstić information content (AvgIpc) is 3.14. The van der Waals surface area contributed by atoms with Crippen molar-refractivity contribution in [3.8, 4) is 5.75 Å². The first-order valence-electron chi connectivity index (χ1n) is 9.62. The molecule has 1 aromatic carbocycles. The molecule has 3 heterocycles. The van der Waals surface area contributed by atoms with Crippen LogP contribution in [0.15, 0.2) is 24.3 Å². The van der Waals surface area contributed by atoms with Gasteiger partial charge in [-0.2, -0.15) is 0 Å². The Morgan fingerprint density at radius 1 is 1.17 bits per heavy atom. The van der Waals surface area contributed by atoms with Crippen molar-refractivity contribution in [3.05, 3.63) is 30.1 Å². The number of halogens is 1. The summed E-state index contributed by atoms with van der Waals surface area (Å²) in [5.41, 5.74) is 0. The fourth-order valence-corrected chi connectivity index (χ4v) is 4.13. The van der Waals surface area contributed by atoms with Gasteiger partial charge < -0.3 is 24.8 Å². The molecule has 0 unspecified atom stereocenters. The van der Waals surface area contributed by atoms with Crippen LogP contribution in [0.25, 0.3) is 0 Å². The summed E-state index contributed by atoms with van der Waals surface area (Å²) in [5.74, 6) is -0.364. The van der Waals surface area contributed by atoms with Crippen LogP contribution >= 0.6 is 0 Å². The number of piperidine rings is 1. The van der Waals surface area contributed by atoms with Gasteiger partial charge in [-0.1, -0.05) is 12.1 Å². The van der Waals surface area contributed by atoms with Gasteiger partial charge in [0.15, 0.2) is 11.6 Å². The average molecular weight is 405 g/mol. The number of hydrogen-bond donors (Lipinski definition) is 1. The zero-order valence-electron chi connectivity index (χ0n) is 16.4. The van der Waals surface area contributed by atoms with Crippen molar-refractivity contribution >= 4 is 18.0 Å². The molecule has 3 saturated heterocycles. The number of nitrogens with zero attached hydrogens (tertiary/aromatic N) is 4. The van der Waals surface area contributed by atoms with Crippen LogP contribution in [0, 0.1) is 5.82 Å². The smallest absolute Gasteiger partial charge is 0.323 e. The summed E-state index contributed by atoms with van der Waals surface area (Å²) in [7, 11) is 3.24. The number of carbonyl (C=O) groups excluding carboxylic acids is 3. The van der Waals surface area contributed by atoms with Gasteiger partial charge in [-0.05, 0) is 12.1 Å². The minimum Gasteiger partial charge on any atom is -0.487 e. The quantitative estimate of drug-likeness (QED) is 0.806. The third kappa shape index (κ3) is 3.43. The first-order valence-corrected chi connectivity index (χ1v) is 9.62. The molecule has 1 N–H and O–H groups in total. The molecule has 0 aliphatic carbocycles. The molecule has 0 spiro atoms. The number of urea groups is 2. The van der Waals surface area contributed by atoms with Crippen molar-refractivity contribution in [2.75, 3.05) is 33.7 Å². The van der Waals surface area contributed by atoms with Crippen LogP contribution in [0.5, 0.6) is 5.75 Å². The van der Waals surface area contributed by atoms with Crippen LogP contribution in [0.4, 0.5) is 14.0 Å². The third-order valence-electron chi connectivity index (χ3n) is 5.78. The number of benzene rings is 1. The summed E-state index contributed by atoms with van der Waals surface area (Å²) in [6.45, 7) is 0.837. The van der Waals surface area contributed by atoms with Gasteiger partial charge in [0, 0.05) is 40.0 Å². The molecule has 5 amide bonds. The molecule has 4 rings (SSSR count). The van der Waals surface area contributed by atoms with E-state index < -0.39 is 18.1 Å². The van der Waals surface area contributed by atoms with Gasteiger partial charge in [0.05, 0.1) is 0 Å². The summed E-state index contributed by atoms with van der Waals surface area (Å²) in [6.07, 6.45) is 0.0278. The third-order valence-corrected chi connectivity index (χ3v) is 5.78. The summed E-state index contributed by atoms with van der Waals surface area (Å²) in [6, 6.07) is 5.69. The van der Waals surface area contributed by atoms with Gasteiger partial charge in [0.25, 0.3) is 0 Å². The predicted molar refractivity (Wildman–Crippen MR) is 100 cm³/mol. The van der Waals surface area contributed by atoms with Gasteiger partial charge in [-0.15, -0.1) is 0 Å². The number of nitrogens with one attached hydrogen (secondary N) is 1. The summed E-state index contributed by atoms with van der Waals surface area (Å²) in [5, 5.41) is 2.75. The highest BCUT2D eigenvalue weighted by atomic mass is 19.1. The SMILES string of the molecule is CN1C(=O)N(C)[C@H]2[C@H]1NC(=O)N2CC(=O)N1CCC(Oc2ccccc2F)CC1. The number of hydrogen-bond acceptors (Lipinski definition) is 4. The molecule has 0 radical (unpaired) electrons. The molecule has 3 fully saturated rings. The first kappa shape index (κ1) is 19.3. The van der Waals surface area contributed by atoms with Gasteiger partial charge in [0.2, 0.25) is 5.91 Å². The lowest BCUT2D eigenvalue weighted by Crippen LogP contribution is -2.51. The van der Waals surface area contributed by atoms with Crippen molar-refractivity contribution < 1.29 is 23.5 Å². The fourth-order valence-electron chi connectivity index (χ4n) is 4.13. The van der Waals surface area contributed by atoms with Crippen molar-refractivity contribution in [2.45, 2.75) is 31.3 Å². The Morgan fingerprint density at radius 3 is 2.55 bits per heavy atom. The van der Waals surface area contributed by atoms with E-state index in [0.717, 1.165) is 0 Å². The molecule has 3 aliphatic rings. The lowest BCUT2D eigenvalue weighted by molar-refractivity contribution is -0.134. The van der Waals surface area contributed by atoms with E-state index in [1.54, 1.807) is 37.2 Å². The largest absolute Gasteiger partial charge is 0.487 e. The first-order chi connectivity index (χ1) is 13.9. The van der Waals surface area contributed by atoms with Gasteiger partial charge in [0.1, 0.15) is 25.0 Å². The molecule has 10 heteroatoms. The zero-order valence-corrected chi connectivity index (χ0v) is 16.4. The molecular formula is C19H24FN5O4. The Morgan fingerprint density at radius 2 is 1.86 bits per heavy atom. The summed E-state index contributed by atoms with van der Waals surface area (Å²) in [4.78, 5) is 43.2. The molecule has 0 saturated carbocycles. The standard InChI is InChI=1S/C19H24FN5O4/c1-22-16-17(23(2)19(22)28)25(18(27)21-16)11-15(26)24-9-7-12(8-10-24)29-14-6-4-3-5-13(14)20/h3-6,12,16-17H,7-11H2,1-2H3,(H,21,27)/t16-,17+/m0/s1. The molecule has 2 atom stereocenters. The van der Waals surface area contributed by atoms with E-state index in [2.05, 4.69) is 5.32 Å². The number of likely N-dealkylation sites (tertiary alicyclic amines) is 1. The molecule has 0 aromatic heterocycles. The Kier molecular flexibility index (Phi) is 4.93. The van der Waals surface area contributed by atoms with E-state index in [4.69, 9.17) is 4.74 Å². The summed E-state index contributed by atoms with van der Waals surface area (Å²) < 4.78 is 19.5. The number of likely N-dealkylation sites (N-methyl/N-ethyl adjacent to an activating group) is 2. The Labute approximate surface area is 168 Å². The highest BCUT2D eigenvalue weighted by Crippen LogP contribution is 2.27. The second-order valence-electron chi connectivity index (χ2n) is 7.57. The second kappa shape index (κ2) is 7.41. The van der Waals surface area contributed by atoms with E-state index >= 15 is 0 Å². The van der Waals surface area contributed by atoms with Crippen LogP contribution in [-0.4, -0.2) is 89.7 Å². The number of para-hydroxylation sites is 1. The van der Waals surface area contributed by atoms with E-state index in [-0.39, 0.29) is 36.4 Å². The zero-order chi connectivity index (χ0) is 20.7. The topological polar surface area (TPSA) is 85.4 Å². The highest BCUT2D eigenvalue weighted by Gasteiger charge is 2.53. The Hall–Kier alpha value is -3.04. The highest BCUT2D eigenvalue weighted by molar-refractivity contribution is 5.88. The molecule has 3 aliphatic heterocycles. The Bertz CT molecular complexity index is 829. The van der Waals surface area contributed by atoms with Crippen molar-refractivity contribution in [3.63, 3.8) is 0 Å². The number of amides is 5. The maximum atomic E-state index is 13.7. The normalized spacial score (nSPS) is 24.8. The van der Waals surface area contributed by atoms with E-state index in [1.165, 1.54) is 20.8 Å².